The molecule has 1 heterocycles. The van der Waals surface area contributed by atoms with E-state index in [-0.39, 0.29) is 5.95 Å². The third-order valence-electron chi connectivity index (χ3n) is 1.37. The molecule has 78 valence electrons. The summed E-state index contributed by atoms with van der Waals surface area (Å²) in [7, 11) is 0. The summed E-state index contributed by atoms with van der Waals surface area (Å²) < 4.78 is 36.9. The Morgan fingerprint density at radius 1 is 1.07 bits per heavy atom. The summed E-state index contributed by atoms with van der Waals surface area (Å²) in [6, 6.07) is 0. The number of anilines is 1. The van der Waals surface area contributed by atoms with Crippen molar-refractivity contribution in [3.8, 4) is 0 Å². The van der Waals surface area contributed by atoms with Gasteiger partial charge in [0, 0.05) is 0 Å². The van der Waals surface area contributed by atoms with Gasteiger partial charge in [-0.1, -0.05) is 23.2 Å². The first-order valence-electron chi connectivity index (χ1n) is 3.34. The van der Waals surface area contributed by atoms with E-state index in [9.17, 15) is 13.2 Å². The molecule has 1 aromatic heterocycles. The van der Waals surface area contributed by atoms with Crippen molar-refractivity contribution in [1.82, 2.24) is 9.97 Å². The van der Waals surface area contributed by atoms with Crippen molar-refractivity contribution in [2.45, 2.75) is 12.6 Å². The Balaban J connectivity index is 3.20. The van der Waals surface area contributed by atoms with Gasteiger partial charge in [0.25, 0.3) is 6.43 Å². The molecule has 0 amide bonds. The van der Waals surface area contributed by atoms with Gasteiger partial charge in [-0.2, -0.15) is 0 Å². The maximum absolute atomic E-state index is 12.9. The Hall–Kier alpha value is -0.750. The van der Waals surface area contributed by atoms with Crippen LogP contribution in [0.3, 0.4) is 0 Å². The molecule has 1 atom stereocenters. The molecule has 0 radical (unpaired) electrons. The molecule has 3 nitrogen and oxygen atoms in total. The topological polar surface area (TPSA) is 51.8 Å². The van der Waals surface area contributed by atoms with Crippen LogP contribution in [0.5, 0.6) is 0 Å². The fraction of sp³-hybridized carbons (Fsp3) is 0.333. The zero-order valence-electron chi connectivity index (χ0n) is 6.52. The lowest BCUT2D eigenvalue weighted by atomic mass is 10.2. The highest BCUT2D eigenvalue weighted by molar-refractivity contribution is 6.34. The Kier molecular flexibility index (Phi) is 3.38. The quantitative estimate of drug-likeness (QED) is 0.816. The normalized spacial score (nSPS) is 13.3. The van der Waals surface area contributed by atoms with Crippen LogP contribution in [0.4, 0.5) is 19.1 Å². The largest absolute Gasteiger partial charge is 0.368 e. The first kappa shape index (κ1) is 11.3. The average molecular weight is 246 g/mol. The van der Waals surface area contributed by atoms with E-state index in [1.165, 1.54) is 0 Å². The van der Waals surface area contributed by atoms with Crippen LogP contribution in [-0.4, -0.2) is 16.4 Å². The van der Waals surface area contributed by atoms with Crippen molar-refractivity contribution in [3.63, 3.8) is 0 Å². The minimum absolute atomic E-state index is 0.301. The Morgan fingerprint density at radius 3 is 1.86 bits per heavy atom. The predicted octanol–water partition coefficient (Wildman–Crippen LogP) is 2.64. The fourth-order valence-corrected chi connectivity index (χ4v) is 1.39. The van der Waals surface area contributed by atoms with Gasteiger partial charge in [-0.25, -0.2) is 23.1 Å². The van der Waals surface area contributed by atoms with E-state index in [1.54, 1.807) is 0 Å². The third kappa shape index (κ3) is 2.19. The van der Waals surface area contributed by atoms with Gasteiger partial charge in [-0.05, 0) is 0 Å². The van der Waals surface area contributed by atoms with Crippen LogP contribution in [0.2, 0.25) is 10.3 Å². The van der Waals surface area contributed by atoms with E-state index in [1.807, 2.05) is 0 Å². The summed E-state index contributed by atoms with van der Waals surface area (Å²) >= 11 is 10.8. The summed E-state index contributed by atoms with van der Waals surface area (Å²) in [4.78, 5) is 6.62. The molecule has 2 N–H and O–H groups in total. The molecule has 14 heavy (non-hydrogen) atoms. The molecular weight excluding hydrogens is 242 g/mol. The second kappa shape index (κ2) is 4.18. The van der Waals surface area contributed by atoms with Crippen LogP contribution >= 0.6 is 23.2 Å². The monoisotopic (exact) mass is 245 g/mol. The summed E-state index contributed by atoms with van der Waals surface area (Å²) in [5.74, 6) is -0.301. The smallest absolute Gasteiger partial charge is 0.273 e. The van der Waals surface area contributed by atoms with Crippen molar-refractivity contribution in [2.24, 2.45) is 0 Å². The van der Waals surface area contributed by atoms with Crippen LogP contribution in [0, 0.1) is 0 Å². The molecular formula is C6H4Cl2F3N3. The van der Waals surface area contributed by atoms with Crippen LogP contribution in [0.25, 0.3) is 0 Å². The number of hydrogen-bond donors (Lipinski definition) is 1. The molecule has 0 aromatic carbocycles. The van der Waals surface area contributed by atoms with Crippen LogP contribution in [-0.2, 0) is 0 Å². The minimum atomic E-state index is -3.24. The molecule has 0 aliphatic heterocycles. The van der Waals surface area contributed by atoms with Crippen LogP contribution in [0.1, 0.15) is 11.7 Å². The van der Waals surface area contributed by atoms with Crippen molar-refractivity contribution in [2.75, 3.05) is 5.73 Å². The van der Waals surface area contributed by atoms with Gasteiger partial charge in [-0.3, -0.25) is 0 Å². The van der Waals surface area contributed by atoms with Crippen molar-refractivity contribution >= 4 is 29.2 Å². The first-order valence-corrected chi connectivity index (χ1v) is 4.09. The van der Waals surface area contributed by atoms with E-state index in [4.69, 9.17) is 28.9 Å². The molecule has 0 fully saturated rings. The van der Waals surface area contributed by atoms with Crippen LogP contribution in [0.15, 0.2) is 0 Å². The number of halogens is 5. The number of nitrogens with zero attached hydrogens (tertiary/aromatic N) is 2. The second-order valence-electron chi connectivity index (χ2n) is 2.31. The van der Waals surface area contributed by atoms with Gasteiger partial charge in [0.2, 0.25) is 5.95 Å². The van der Waals surface area contributed by atoms with Gasteiger partial charge in [0.15, 0.2) is 6.17 Å². The van der Waals surface area contributed by atoms with Crippen molar-refractivity contribution < 1.29 is 13.2 Å². The summed E-state index contributed by atoms with van der Waals surface area (Å²) in [6.45, 7) is 0. The number of hydrogen-bond acceptors (Lipinski definition) is 3. The molecule has 0 spiro atoms. The predicted molar refractivity (Wildman–Crippen MR) is 46.3 cm³/mol. The SMILES string of the molecule is Nc1nc(Cl)c(C(F)C(F)F)c(Cl)n1. The number of nitrogen functional groups attached to an aromatic ring is 1. The standard InChI is InChI=1S/C6H4Cl2F3N3/c7-3-1(2(9)5(10)11)4(8)14-6(12)13-3/h2,5H,(H2,12,13,14). The zero-order valence-corrected chi connectivity index (χ0v) is 8.03. The molecule has 0 saturated heterocycles. The summed E-state index contributed by atoms with van der Waals surface area (Å²) in [5, 5.41) is -1.01. The maximum Gasteiger partial charge on any atom is 0.273 e. The van der Waals surface area contributed by atoms with Gasteiger partial charge in [-0.15, -0.1) is 0 Å². The van der Waals surface area contributed by atoms with E-state index < -0.39 is 28.5 Å². The van der Waals surface area contributed by atoms with E-state index >= 15 is 0 Å². The highest BCUT2D eigenvalue weighted by Gasteiger charge is 2.28. The Morgan fingerprint density at radius 2 is 1.50 bits per heavy atom. The van der Waals surface area contributed by atoms with Gasteiger partial charge < -0.3 is 5.73 Å². The first-order chi connectivity index (χ1) is 6.43. The highest BCUT2D eigenvalue weighted by atomic mass is 35.5. The number of rotatable bonds is 2. The average Bonchev–Trinajstić information content (AvgIpc) is 2.01. The maximum atomic E-state index is 12.9. The fourth-order valence-electron chi connectivity index (χ4n) is 0.785. The van der Waals surface area contributed by atoms with Gasteiger partial charge in [0.05, 0.1) is 5.56 Å². The molecule has 0 saturated carbocycles. The van der Waals surface area contributed by atoms with Crippen LogP contribution < -0.4 is 5.73 Å². The van der Waals surface area contributed by atoms with E-state index in [0.717, 1.165) is 0 Å². The molecule has 0 aliphatic rings. The number of alkyl halides is 3. The highest BCUT2D eigenvalue weighted by Crippen LogP contribution is 2.34. The lowest BCUT2D eigenvalue weighted by Gasteiger charge is -2.10. The molecule has 1 unspecified atom stereocenters. The Bertz CT molecular complexity index is 324. The summed E-state index contributed by atoms with van der Waals surface area (Å²) in [5.41, 5.74) is 4.46. The number of nitrogens with two attached hydrogens (primary N) is 1. The lowest BCUT2D eigenvalue weighted by molar-refractivity contribution is 0.0493. The number of aromatic nitrogens is 2. The summed E-state index contributed by atoms with van der Waals surface area (Å²) in [6.07, 6.45) is -5.85. The second-order valence-corrected chi connectivity index (χ2v) is 3.03. The molecule has 1 rings (SSSR count). The van der Waals surface area contributed by atoms with E-state index in [2.05, 4.69) is 9.97 Å². The molecule has 0 aliphatic carbocycles. The lowest BCUT2D eigenvalue weighted by Crippen LogP contribution is -2.08. The molecule has 1 aromatic rings. The molecule has 0 bridgehead atoms. The van der Waals surface area contributed by atoms with E-state index in [0.29, 0.717) is 0 Å². The van der Waals surface area contributed by atoms with Gasteiger partial charge in [0.1, 0.15) is 10.3 Å². The molecule has 8 heteroatoms. The minimum Gasteiger partial charge on any atom is -0.368 e. The third-order valence-corrected chi connectivity index (χ3v) is 1.94. The zero-order chi connectivity index (χ0) is 10.9. The Labute approximate surface area is 87.0 Å². The van der Waals surface area contributed by atoms with Gasteiger partial charge >= 0.3 is 0 Å². The van der Waals surface area contributed by atoms with Crippen molar-refractivity contribution in [1.29, 1.82) is 0 Å². The van der Waals surface area contributed by atoms with Crippen molar-refractivity contribution in [3.05, 3.63) is 15.9 Å².